The van der Waals surface area contributed by atoms with Crippen molar-refractivity contribution in [3.63, 3.8) is 0 Å². The van der Waals surface area contributed by atoms with E-state index < -0.39 is 0 Å². The van der Waals surface area contributed by atoms with Gasteiger partial charge in [0.25, 0.3) is 0 Å². The Morgan fingerprint density at radius 3 is 1.24 bits per heavy atom. The average Bonchev–Trinajstić information content (AvgIpc) is 3.93. The van der Waals surface area contributed by atoms with Gasteiger partial charge in [0.1, 0.15) is 22.3 Å². The third-order valence-corrected chi connectivity index (χ3v) is 11.9. The molecule has 3 heterocycles. The summed E-state index contributed by atoms with van der Waals surface area (Å²) in [5.41, 5.74) is 16.7. The number of fused-ring (bicyclic) bond motifs is 6. The summed E-state index contributed by atoms with van der Waals surface area (Å²) in [6.07, 6.45) is 0. The Bertz CT molecular complexity index is 3490. The fraction of sp³-hybridized carbons (Fsp3) is 0. The monoisotopic (exact) mass is 792 g/mol. The Kier molecular flexibility index (Phi) is 8.46. The smallest absolute Gasteiger partial charge is 0.160 e. The Morgan fingerprint density at radius 2 is 0.661 bits per heavy atom. The number of furan rings is 2. The van der Waals surface area contributed by atoms with E-state index in [4.69, 9.17) is 18.8 Å². The molecule has 0 spiro atoms. The lowest BCUT2D eigenvalue weighted by atomic mass is 9.93. The molecule has 0 aliphatic rings. The molecule has 0 aliphatic carbocycles. The molecule has 0 unspecified atom stereocenters. The number of aromatic nitrogens is 2. The summed E-state index contributed by atoms with van der Waals surface area (Å²) in [6.45, 7) is 0. The van der Waals surface area contributed by atoms with E-state index in [1.54, 1.807) is 0 Å². The van der Waals surface area contributed by atoms with E-state index >= 15 is 0 Å². The van der Waals surface area contributed by atoms with E-state index in [0.717, 1.165) is 105 Å². The van der Waals surface area contributed by atoms with Crippen molar-refractivity contribution < 1.29 is 8.83 Å². The maximum Gasteiger partial charge on any atom is 0.160 e. The van der Waals surface area contributed by atoms with Gasteiger partial charge >= 0.3 is 0 Å². The molecule has 0 bridgehead atoms. The van der Waals surface area contributed by atoms with Gasteiger partial charge in [0.2, 0.25) is 0 Å². The predicted molar refractivity (Wildman–Crippen MR) is 255 cm³/mol. The van der Waals surface area contributed by atoms with E-state index in [2.05, 4.69) is 176 Å². The van der Waals surface area contributed by atoms with Crippen molar-refractivity contribution >= 4 is 43.9 Å². The maximum absolute atomic E-state index is 6.62. The second-order valence-electron chi connectivity index (χ2n) is 15.7. The van der Waals surface area contributed by atoms with Crippen LogP contribution in [-0.2, 0) is 0 Å². The van der Waals surface area contributed by atoms with Crippen LogP contribution in [0.1, 0.15) is 0 Å². The maximum atomic E-state index is 6.62. The summed E-state index contributed by atoms with van der Waals surface area (Å²) in [4.78, 5) is 10.5. The molecule has 12 aromatic rings. The first-order chi connectivity index (χ1) is 30.7. The second kappa shape index (κ2) is 14.7. The number of para-hydroxylation sites is 4. The lowest BCUT2D eigenvalue weighted by Gasteiger charge is -2.14. The molecule has 3 aromatic heterocycles. The number of rotatable bonds is 7. The van der Waals surface area contributed by atoms with Crippen LogP contribution in [-0.4, -0.2) is 9.97 Å². The van der Waals surface area contributed by atoms with Gasteiger partial charge in [-0.15, -0.1) is 0 Å². The summed E-state index contributed by atoms with van der Waals surface area (Å²) in [7, 11) is 0. The average molecular weight is 793 g/mol. The molecule has 4 heteroatoms. The summed E-state index contributed by atoms with van der Waals surface area (Å²) in [5, 5.41) is 4.34. The number of hydrogen-bond acceptors (Lipinski definition) is 4. The molecule has 0 amide bonds. The summed E-state index contributed by atoms with van der Waals surface area (Å²) in [6, 6.07) is 76.2. The van der Waals surface area contributed by atoms with Crippen molar-refractivity contribution in [2.75, 3.05) is 0 Å². The Morgan fingerprint density at radius 1 is 0.258 bits per heavy atom. The third kappa shape index (κ3) is 6.25. The van der Waals surface area contributed by atoms with Gasteiger partial charge in [-0.25, -0.2) is 9.97 Å². The van der Waals surface area contributed by atoms with Crippen LogP contribution in [0, 0.1) is 0 Å². The number of benzene rings is 9. The molecule has 0 fully saturated rings. The summed E-state index contributed by atoms with van der Waals surface area (Å²) >= 11 is 0. The van der Waals surface area contributed by atoms with Gasteiger partial charge < -0.3 is 8.83 Å². The summed E-state index contributed by atoms with van der Waals surface area (Å²) in [5.74, 6) is 0.656. The normalized spacial score (nSPS) is 11.5. The van der Waals surface area contributed by atoms with E-state index in [1.807, 2.05) is 42.5 Å². The van der Waals surface area contributed by atoms with Gasteiger partial charge in [-0.2, -0.15) is 0 Å². The van der Waals surface area contributed by atoms with Crippen molar-refractivity contribution in [2.45, 2.75) is 0 Å². The van der Waals surface area contributed by atoms with Crippen molar-refractivity contribution in [3.05, 3.63) is 218 Å². The van der Waals surface area contributed by atoms with Crippen molar-refractivity contribution in [1.82, 2.24) is 9.97 Å². The van der Waals surface area contributed by atoms with E-state index in [-0.39, 0.29) is 0 Å². The zero-order valence-electron chi connectivity index (χ0n) is 33.5. The molecule has 9 aromatic carbocycles. The van der Waals surface area contributed by atoms with Gasteiger partial charge in [0, 0.05) is 49.4 Å². The van der Waals surface area contributed by atoms with E-state index in [0.29, 0.717) is 5.82 Å². The van der Waals surface area contributed by atoms with E-state index in [1.165, 1.54) is 11.1 Å². The fourth-order valence-electron chi connectivity index (χ4n) is 8.84. The molecular formula is C58H36N2O2. The highest BCUT2D eigenvalue weighted by molar-refractivity contribution is 6.11. The Hall–Kier alpha value is -8.34. The Balaban J connectivity index is 1.04. The van der Waals surface area contributed by atoms with Crippen LogP contribution in [0.3, 0.4) is 0 Å². The highest BCUT2D eigenvalue weighted by Gasteiger charge is 2.19. The van der Waals surface area contributed by atoms with Crippen LogP contribution in [0.4, 0.5) is 0 Å². The van der Waals surface area contributed by atoms with Gasteiger partial charge in [-0.1, -0.05) is 176 Å². The molecule has 0 saturated carbocycles. The molecule has 62 heavy (non-hydrogen) atoms. The minimum atomic E-state index is 0.656. The molecule has 0 aliphatic heterocycles. The van der Waals surface area contributed by atoms with Gasteiger partial charge in [-0.3, -0.25) is 0 Å². The van der Waals surface area contributed by atoms with Gasteiger partial charge in [-0.05, 0) is 75.8 Å². The first kappa shape index (κ1) is 35.6. The SMILES string of the molecule is c1ccc(-c2cccc(-c3ccc(-c4cc(-c5cc(-c6cccc7c6oc6ccccc67)cc(-c6cccc7c6oc6ccccc67)c5)nc(-c5ccccc5)n4)cc3)c2)cc1. The van der Waals surface area contributed by atoms with E-state index in [9.17, 15) is 0 Å². The highest BCUT2D eigenvalue weighted by Crippen LogP contribution is 2.42. The first-order valence-electron chi connectivity index (χ1n) is 20.9. The number of nitrogens with zero attached hydrogens (tertiary/aromatic N) is 2. The molecular weight excluding hydrogens is 757 g/mol. The fourth-order valence-corrected chi connectivity index (χ4v) is 8.84. The van der Waals surface area contributed by atoms with Gasteiger partial charge in [0.15, 0.2) is 5.82 Å². The lowest BCUT2D eigenvalue weighted by molar-refractivity contribution is 0.670. The van der Waals surface area contributed by atoms with Gasteiger partial charge in [0.05, 0.1) is 11.4 Å². The standard InChI is InChI=1S/C58H36N2O2/c1-3-14-37(15-4-1)41-18-11-19-42(32-41)38-28-30-39(31-29-38)52-36-53(60-58(59-52)40-16-5-2-6-17-40)45-34-43(46-22-12-24-50-48-20-7-9-26-54(48)61-56(46)50)33-44(35-45)47-23-13-25-51-49-21-8-10-27-55(49)62-57(47)51/h1-36H. The minimum Gasteiger partial charge on any atom is -0.455 e. The van der Waals surface area contributed by atoms with Crippen LogP contribution < -0.4 is 0 Å². The quantitative estimate of drug-likeness (QED) is 0.161. The third-order valence-electron chi connectivity index (χ3n) is 11.9. The van der Waals surface area contributed by atoms with Crippen LogP contribution in [0.15, 0.2) is 227 Å². The second-order valence-corrected chi connectivity index (χ2v) is 15.7. The molecule has 0 saturated heterocycles. The van der Waals surface area contributed by atoms with Crippen LogP contribution in [0.2, 0.25) is 0 Å². The topological polar surface area (TPSA) is 52.1 Å². The zero-order valence-corrected chi connectivity index (χ0v) is 33.5. The molecule has 0 N–H and O–H groups in total. The summed E-state index contributed by atoms with van der Waals surface area (Å²) < 4.78 is 13.2. The molecule has 0 radical (unpaired) electrons. The first-order valence-corrected chi connectivity index (χ1v) is 20.9. The largest absolute Gasteiger partial charge is 0.455 e. The highest BCUT2D eigenvalue weighted by atomic mass is 16.3. The lowest BCUT2D eigenvalue weighted by Crippen LogP contribution is -1.96. The van der Waals surface area contributed by atoms with Crippen LogP contribution >= 0.6 is 0 Å². The number of hydrogen-bond donors (Lipinski definition) is 0. The molecule has 0 atom stereocenters. The molecule has 4 nitrogen and oxygen atoms in total. The van der Waals surface area contributed by atoms with Crippen LogP contribution in [0.25, 0.3) is 122 Å². The predicted octanol–water partition coefficient (Wildman–Crippen LogP) is 15.9. The molecule has 290 valence electrons. The van der Waals surface area contributed by atoms with Crippen LogP contribution in [0.5, 0.6) is 0 Å². The Labute approximate surface area is 358 Å². The zero-order chi connectivity index (χ0) is 41.0. The van der Waals surface area contributed by atoms with Crippen molar-refractivity contribution in [2.24, 2.45) is 0 Å². The van der Waals surface area contributed by atoms with Crippen molar-refractivity contribution in [1.29, 1.82) is 0 Å². The molecule has 12 rings (SSSR count). The van der Waals surface area contributed by atoms with Crippen molar-refractivity contribution in [3.8, 4) is 78.4 Å². The minimum absolute atomic E-state index is 0.656.